The molecule has 3 aromatic heterocycles. The Balaban J connectivity index is 1.42. The van der Waals surface area contributed by atoms with Crippen LogP contribution >= 0.6 is 0 Å². The molecular weight excluding hydrogens is 342 g/mol. The van der Waals surface area contributed by atoms with Gasteiger partial charge in [0, 0.05) is 37.7 Å². The van der Waals surface area contributed by atoms with Gasteiger partial charge in [-0.3, -0.25) is 14.5 Å². The Kier molecular flexibility index (Phi) is 4.03. The minimum Gasteiger partial charge on any atom is -0.356 e. The molecule has 5 rings (SSSR count). The first-order valence-electron chi connectivity index (χ1n) is 9.66. The molecule has 8 heteroatoms. The van der Waals surface area contributed by atoms with E-state index in [1.807, 2.05) is 6.07 Å². The van der Waals surface area contributed by atoms with Crippen molar-refractivity contribution in [1.82, 2.24) is 29.3 Å². The molecule has 27 heavy (non-hydrogen) atoms. The fourth-order valence-electron chi connectivity index (χ4n) is 4.56. The highest BCUT2D eigenvalue weighted by molar-refractivity contribution is 5.44. The van der Waals surface area contributed by atoms with E-state index in [0.717, 1.165) is 30.7 Å². The molecule has 0 radical (unpaired) electrons. The average Bonchev–Trinajstić information content (AvgIpc) is 3.37. The van der Waals surface area contributed by atoms with E-state index in [1.54, 1.807) is 35.8 Å². The number of hydrogen-bond donors (Lipinski definition) is 1. The number of H-pyrrole nitrogens is 1. The minimum atomic E-state index is -0.163. The Bertz CT molecular complexity index is 974. The number of fused-ring (bicyclic) bond motifs is 1. The van der Waals surface area contributed by atoms with Crippen molar-refractivity contribution >= 4 is 5.82 Å². The van der Waals surface area contributed by atoms with Crippen LogP contribution in [0.5, 0.6) is 0 Å². The fraction of sp³-hybridized carbons (Fsp3) is 0.474. The molecule has 0 amide bonds. The van der Waals surface area contributed by atoms with E-state index in [2.05, 4.69) is 25.0 Å². The van der Waals surface area contributed by atoms with E-state index in [9.17, 15) is 4.79 Å². The fourth-order valence-corrected chi connectivity index (χ4v) is 4.56. The lowest BCUT2D eigenvalue weighted by molar-refractivity contribution is 0.202. The summed E-state index contributed by atoms with van der Waals surface area (Å²) in [5, 5.41) is 3.00. The van der Waals surface area contributed by atoms with Gasteiger partial charge in [-0.05, 0) is 24.7 Å². The zero-order valence-electron chi connectivity index (χ0n) is 15.2. The van der Waals surface area contributed by atoms with Crippen molar-refractivity contribution in [2.24, 2.45) is 11.8 Å². The Hall–Kier alpha value is -2.90. The molecule has 0 aromatic carbocycles. The molecule has 1 saturated heterocycles. The molecule has 2 atom stereocenters. The highest BCUT2D eigenvalue weighted by Crippen LogP contribution is 2.37. The van der Waals surface area contributed by atoms with Gasteiger partial charge < -0.3 is 4.90 Å². The molecule has 8 nitrogen and oxygen atoms in total. The van der Waals surface area contributed by atoms with Gasteiger partial charge >= 0.3 is 0 Å². The molecule has 4 heterocycles. The zero-order valence-corrected chi connectivity index (χ0v) is 15.2. The maximum absolute atomic E-state index is 12.8. The standard InChI is InChI=1S/C19H23N7O/c27-19-16(25-8-6-20-13-25)10-23-26(19)18-9-17(21-12-22-18)24-7-5-14-3-1-2-4-15(14)11-24/h6,8-10,12-15,23H,1-5,7,11H2. The number of rotatable bonds is 3. The van der Waals surface area contributed by atoms with Gasteiger partial charge in [-0.1, -0.05) is 19.3 Å². The number of aromatic amines is 1. The van der Waals surface area contributed by atoms with Gasteiger partial charge in [0.2, 0.25) is 0 Å². The van der Waals surface area contributed by atoms with Crippen LogP contribution in [0, 0.1) is 11.8 Å². The first kappa shape index (κ1) is 16.3. The molecule has 1 saturated carbocycles. The lowest BCUT2D eigenvalue weighted by Gasteiger charge is -2.41. The highest BCUT2D eigenvalue weighted by atomic mass is 16.1. The third kappa shape index (κ3) is 2.94. The minimum absolute atomic E-state index is 0.163. The monoisotopic (exact) mass is 365 g/mol. The summed E-state index contributed by atoms with van der Waals surface area (Å²) in [5.41, 5.74) is 0.347. The SMILES string of the molecule is O=c1c(-n2ccnc2)c[nH]n1-c1cc(N2CCC3CCCCC3C2)ncn1. The van der Waals surface area contributed by atoms with Gasteiger partial charge in [-0.15, -0.1) is 0 Å². The summed E-state index contributed by atoms with van der Waals surface area (Å²) >= 11 is 0. The number of aromatic nitrogens is 6. The third-order valence-electron chi connectivity index (χ3n) is 6.02. The van der Waals surface area contributed by atoms with E-state index in [-0.39, 0.29) is 5.56 Å². The number of piperidine rings is 1. The van der Waals surface area contributed by atoms with Crippen LogP contribution in [0.4, 0.5) is 5.82 Å². The summed E-state index contributed by atoms with van der Waals surface area (Å²) < 4.78 is 3.14. The summed E-state index contributed by atoms with van der Waals surface area (Å²) in [6.45, 7) is 2.08. The maximum Gasteiger partial charge on any atom is 0.296 e. The molecule has 2 unspecified atom stereocenters. The average molecular weight is 365 g/mol. The lowest BCUT2D eigenvalue weighted by Crippen LogP contribution is -2.42. The van der Waals surface area contributed by atoms with Crippen LogP contribution in [-0.4, -0.2) is 42.4 Å². The molecule has 0 bridgehead atoms. The van der Waals surface area contributed by atoms with Crippen molar-refractivity contribution in [2.45, 2.75) is 32.1 Å². The van der Waals surface area contributed by atoms with E-state index in [0.29, 0.717) is 11.5 Å². The Morgan fingerprint density at radius 1 is 1.07 bits per heavy atom. The second kappa shape index (κ2) is 6.68. The van der Waals surface area contributed by atoms with Crippen molar-refractivity contribution in [1.29, 1.82) is 0 Å². The van der Waals surface area contributed by atoms with Gasteiger partial charge in [0.05, 0.1) is 6.33 Å². The molecule has 1 aliphatic heterocycles. The smallest absolute Gasteiger partial charge is 0.296 e. The van der Waals surface area contributed by atoms with Crippen molar-refractivity contribution in [3.05, 3.63) is 47.7 Å². The van der Waals surface area contributed by atoms with Crippen LogP contribution in [0.15, 0.2) is 42.1 Å². The summed E-state index contributed by atoms with van der Waals surface area (Å²) in [7, 11) is 0. The number of imidazole rings is 1. The number of hydrogen-bond acceptors (Lipinski definition) is 5. The molecule has 0 spiro atoms. The van der Waals surface area contributed by atoms with Crippen molar-refractivity contribution in [3.63, 3.8) is 0 Å². The molecule has 3 aromatic rings. The summed E-state index contributed by atoms with van der Waals surface area (Å²) in [6, 6.07) is 1.90. The van der Waals surface area contributed by atoms with Gasteiger partial charge in [-0.2, -0.15) is 4.68 Å². The first-order valence-corrected chi connectivity index (χ1v) is 9.66. The van der Waals surface area contributed by atoms with Crippen LogP contribution in [-0.2, 0) is 0 Å². The highest BCUT2D eigenvalue weighted by Gasteiger charge is 2.31. The Morgan fingerprint density at radius 2 is 1.93 bits per heavy atom. The van der Waals surface area contributed by atoms with Gasteiger partial charge in [0.25, 0.3) is 5.56 Å². The third-order valence-corrected chi connectivity index (χ3v) is 6.02. The molecule has 2 aliphatic rings. The molecule has 140 valence electrons. The second-order valence-electron chi connectivity index (χ2n) is 7.54. The molecule has 2 fully saturated rings. The number of anilines is 1. The Morgan fingerprint density at radius 3 is 2.78 bits per heavy atom. The summed E-state index contributed by atoms with van der Waals surface area (Å²) in [5.74, 6) is 3.10. The van der Waals surface area contributed by atoms with Crippen molar-refractivity contribution in [3.8, 4) is 11.5 Å². The lowest BCUT2D eigenvalue weighted by atomic mass is 9.75. The van der Waals surface area contributed by atoms with E-state index >= 15 is 0 Å². The van der Waals surface area contributed by atoms with Crippen LogP contribution < -0.4 is 10.5 Å². The predicted molar refractivity (Wildman–Crippen MR) is 101 cm³/mol. The Labute approximate surface area is 156 Å². The van der Waals surface area contributed by atoms with Crippen molar-refractivity contribution < 1.29 is 0 Å². The number of nitrogens with zero attached hydrogens (tertiary/aromatic N) is 6. The van der Waals surface area contributed by atoms with Gasteiger partial charge in [0.15, 0.2) is 5.82 Å². The number of nitrogens with one attached hydrogen (secondary N) is 1. The summed E-state index contributed by atoms with van der Waals surface area (Å²) in [6.07, 6.45) is 14.9. The topological polar surface area (TPSA) is 84.6 Å². The second-order valence-corrected chi connectivity index (χ2v) is 7.54. The van der Waals surface area contributed by atoms with Gasteiger partial charge in [-0.25, -0.2) is 15.0 Å². The summed E-state index contributed by atoms with van der Waals surface area (Å²) in [4.78, 5) is 27.9. The van der Waals surface area contributed by atoms with E-state index < -0.39 is 0 Å². The van der Waals surface area contributed by atoms with Crippen LogP contribution in [0.1, 0.15) is 32.1 Å². The van der Waals surface area contributed by atoms with Gasteiger partial charge in [0.1, 0.15) is 17.8 Å². The van der Waals surface area contributed by atoms with E-state index in [4.69, 9.17) is 0 Å². The van der Waals surface area contributed by atoms with Crippen LogP contribution in [0.25, 0.3) is 11.5 Å². The van der Waals surface area contributed by atoms with E-state index in [1.165, 1.54) is 36.8 Å². The normalized spacial score (nSPS) is 22.6. The maximum atomic E-state index is 12.8. The molecule has 1 aliphatic carbocycles. The van der Waals surface area contributed by atoms with Crippen LogP contribution in [0.2, 0.25) is 0 Å². The molecular formula is C19H23N7O. The quantitative estimate of drug-likeness (QED) is 0.769. The predicted octanol–water partition coefficient (Wildman–Crippen LogP) is 2.16. The zero-order chi connectivity index (χ0) is 18.2. The first-order chi connectivity index (χ1) is 13.3. The van der Waals surface area contributed by atoms with Crippen molar-refractivity contribution in [2.75, 3.05) is 18.0 Å². The largest absolute Gasteiger partial charge is 0.356 e. The van der Waals surface area contributed by atoms with Crippen LogP contribution in [0.3, 0.4) is 0 Å². The molecule has 1 N–H and O–H groups in total.